The van der Waals surface area contributed by atoms with Crippen LogP contribution < -0.4 is 5.56 Å². The number of benzene rings is 1. The molecule has 20 heavy (non-hydrogen) atoms. The first-order valence-corrected chi connectivity index (χ1v) is 7.80. The normalized spacial score (nSPS) is 11.5. The quantitative estimate of drug-likeness (QED) is 0.804. The first-order valence-electron chi connectivity index (χ1n) is 5.98. The highest BCUT2D eigenvalue weighted by Gasteiger charge is 2.04. The van der Waals surface area contributed by atoms with E-state index in [1.807, 2.05) is 6.92 Å². The summed E-state index contributed by atoms with van der Waals surface area (Å²) in [4.78, 5) is 11.8. The Morgan fingerprint density at radius 3 is 2.35 bits per heavy atom. The average Bonchev–Trinajstić information content (AvgIpc) is 2.39. The molecule has 0 spiro atoms. The summed E-state index contributed by atoms with van der Waals surface area (Å²) in [6.45, 7) is 1.89. The fourth-order valence-corrected chi connectivity index (χ4v) is 2.07. The smallest absolute Gasteiger partial charge is 0.264 e. The Kier molecular flexibility index (Phi) is 4.06. The molecule has 0 amide bonds. The fourth-order valence-electron chi connectivity index (χ4n) is 1.72. The van der Waals surface area contributed by atoms with Gasteiger partial charge in [-0.3, -0.25) is 13.5 Å². The lowest BCUT2D eigenvalue weighted by atomic mass is 10.2. The molecule has 2 aromatic rings. The zero-order chi connectivity index (χ0) is 14.8. The maximum atomic E-state index is 11.8. The number of pyridine rings is 1. The van der Waals surface area contributed by atoms with Crippen LogP contribution in [0.1, 0.15) is 11.1 Å². The third kappa shape index (κ3) is 3.79. The van der Waals surface area contributed by atoms with Crippen molar-refractivity contribution in [2.45, 2.75) is 13.5 Å². The van der Waals surface area contributed by atoms with E-state index in [9.17, 15) is 13.2 Å². The number of aryl methyl sites for hydroxylation is 1. The molecule has 1 aromatic carbocycles. The largest absolute Gasteiger partial charge is 0.284 e. The molecule has 0 aliphatic heterocycles. The number of aromatic nitrogens is 1. The third-order valence-electron chi connectivity index (χ3n) is 2.71. The third-order valence-corrected chi connectivity index (χ3v) is 3.26. The van der Waals surface area contributed by atoms with E-state index >= 15 is 0 Å². The van der Waals surface area contributed by atoms with E-state index < -0.39 is 10.1 Å². The fraction of sp³-hybridized carbons (Fsp3) is 0.214. The van der Waals surface area contributed by atoms with Crippen LogP contribution in [0, 0.1) is 6.92 Å². The highest BCUT2D eigenvalue weighted by atomic mass is 32.2. The van der Waals surface area contributed by atoms with Crippen molar-refractivity contribution < 1.29 is 12.6 Å². The van der Waals surface area contributed by atoms with Crippen molar-refractivity contribution in [2.75, 3.05) is 6.26 Å². The van der Waals surface area contributed by atoms with Gasteiger partial charge in [0.2, 0.25) is 0 Å². The highest BCUT2D eigenvalue weighted by Crippen LogP contribution is 2.10. The van der Waals surface area contributed by atoms with Crippen LogP contribution in [0.15, 0.2) is 47.4 Å². The van der Waals surface area contributed by atoms with Crippen molar-refractivity contribution in [1.82, 2.24) is 4.57 Å². The van der Waals surface area contributed by atoms with E-state index in [2.05, 4.69) is 0 Å². The van der Waals surface area contributed by atoms with E-state index in [1.165, 1.54) is 10.6 Å². The summed E-state index contributed by atoms with van der Waals surface area (Å²) in [6, 6.07) is 10.2. The molecule has 0 aliphatic carbocycles. The molecule has 0 unspecified atom stereocenters. The molecule has 106 valence electrons. The van der Waals surface area contributed by atoms with Crippen LogP contribution in [0.25, 0.3) is 5.69 Å². The van der Waals surface area contributed by atoms with Gasteiger partial charge in [-0.2, -0.15) is 8.42 Å². The zero-order valence-electron chi connectivity index (χ0n) is 11.2. The van der Waals surface area contributed by atoms with Crippen LogP contribution in [0.4, 0.5) is 0 Å². The minimum atomic E-state index is -3.45. The van der Waals surface area contributed by atoms with Gasteiger partial charge in [-0.15, -0.1) is 0 Å². The van der Waals surface area contributed by atoms with E-state index in [-0.39, 0.29) is 12.2 Å². The van der Waals surface area contributed by atoms with Gasteiger partial charge in [-0.1, -0.05) is 18.2 Å². The molecule has 0 atom stereocenters. The zero-order valence-corrected chi connectivity index (χ0v) is 12.1. The molecular formula is C14H15NO4S. The number of hydrogen-bond donors (Lipinski definition) is 0. The lowest BCUT2D eigenvalue weighted by molar-refractivity contribution is 0.311. The van der Waals surface area contributed by atoms with E-state index in [4.69, 9.17) is 4.18 Å². The Bertz CT molecular complexity index is 761. The minimum Gasteiger partial charge on any atom is -0.284 e. The first-order chi connectivity index (χ1) is 9.35. The summed E-state index contributed by atoms with van der Waals surface area (Å²) in [5.74, 6) is 0. The standard InChI is InChI=1S/C14H15NO4S/c1-11-3-8-14(16)15(9-11)13-6-4-12(5-7-13)10-19-20(2,17)18/h3-9H,10H2,1-2H3. The molecule has 0 aliphatic rings. The Labute approximate surface area is 117 Å². The van der Waals surface area contributed by atoms with Crippen molar-refractivity contribution in [3.05, 3.63) is 64.1 Å². The Hall–Kier alpha value is -1.92. The molecule has 0 radical (unpaired) electrons. The van der Waals surface area contributed by atoms with Crippen LogP contribution in [0.2, 0.25) is 0 Å². The average molecular weight is 293 g/mol. The lowest BCUT2D eigenvalue weighted by Crippen LogP contribution is -2.16. The second-order valence-electron chi connectivity index (χ2n) is 4.55. The Balaban J connectivity index is 2.24. The van der Waals surface area contributed by atoms with Gasteiger partial charge in [0.05, 0.1) is 12.9 Å². The van der Waals surface area contributed by atoms with E-state index in [0.717, 1.165) is 23.1 Å². The summed E-state index contributed by atoms with van der Waals surface area (Å²) < 4.78 is 28.1. The molecule has 0 bridgehead atoms. The molecule has 0 N–H and O–H groups in total. The minimum absolute atomic E-state index is 0.0121. The molecule has 1 heterocycles. The maximum absolute atomic E-state index is 11.8. The highest BCUT2D eigenvalue weighted by molar-refractivity contribution is 7.85. The molecule has 2 rings (SSSR count). The monoisotopic (exact) mass is 293 g/mol. The van der Waals surface area contributed by atoms with Gasteiger partial charge in [-0.05, 0) is 30.2 Å². The van der Waals surface area contributed by atoms with Crippen molar-refractivity contribution in [1.29, 1.82) is 0 Å². The summed E-state index contributed by atoms with van der Waals surface area (Å²) in [7, 11) is -3.45. The van der Waals surface area contributed by atoms with Gasteiger partial charge < -0.3 is 0 Å². The topological polar surface area (TPSA) is 65.4 Å². The molecule has 0 fully saturated rings. The van der Waals surface area contributed by atoms with Crippen LogP contribution in [0.5, 0.6) is 0 Å². The van der Waals surface area contributed by atoms with Crippen LogP contribution in [-0.4, -0.2) is 19.2 Å². The van der Waals surface area contributed by atoms with Gasteiger partial charge in [-0.25, -0.2) is 0 Å². The summed E-state index contributed by atoms with van der Waals surface area (Å²) in [5.41, 5.74) is 2.31. The molecule has 0 saturated heterocycles. The molecule has 6 heteroatoms. The van der Waals surface area contributed by atoms with Crippen LogP contribution >= 0.6 is 0 Å². The predicted molar refractivity (Wildman–Crippen MR) is 76.4 cm³/mol. The van der Waals surface area contributed by atoms with Crippen molar-refractivity contribution in [3.8, 4) is 5.69 Å². The van der Waals surface area contributed by atoms with E-state index in [1.54, 1.807) is 36.5 Å². The first kappa shape index (κ1) is 14.5. The summed E-state index contributed by atoms with van der Waals surface area (Å²) in [6.07, 6.45) is 2.76. The van der Waals surface area contributed by atoms with Gasteiger partial charge in [0, 0.05) is 18.0 Å². The Morgan fingerprint density at radius 1 is 1.10 bits per heavy atom. The van der Waals surface area contributed by atoms with Crippen LogP contribution in [-0.2, 0) is 20.9 Å². The van der Waals surface area contributed by atoms with Crippen molar-refractivity contribution in [2.24, 2.45) is 0 Å². The Morgan fingerprint density at radius 2 is 1.75 bits per heavy atom. The SMILES string of the molecule is Cc1ccc(=O)n(-c2ccc(COS(C)(=O)=O)cc2)c1. The lowest BCUT2D eigenvalue weighted by Gasteiger charge is -2.07. The molecular weight excluding hydrogens is 278 g/mol. The second kappa shape index (κ2) is 5.60. The van der Waals surface area contributed by atoms with Crippen LogP contribution in [0.3, 0.4) is 0 Å². The summed E-state index contributed by atoms with van der Waals surface area (Å²) >= 11 is 0. The van der Waals surface area contributed by atoms with Gasteiger partial charge in [0.15, 0.2) is 0 Å². The van der Waals surface area contributed by atoms with Gasteiger partial charge >= 0.3 is 0 Å². The molecule has 0 saturated carbocycles. The number of rotatable bonds is 4. The predicted octanol–water partition coefficient (Wildman–Crippen LogP) is 1.62. The molecule has 1 aromatic heterocycles. The number of hydrogen-bond acceptors (Lipinski definition) is 4. The molecule has 5 nitrogen and oxygen atoms in total. The summed E-state index contributed by atoms with van der Waals surface area (Å²) in [5, 5.41) is 0. The number of nitrogens with zero attached hydrogens (tertiary/aromatic N) is 1. The van der Waals surface area contributed by atoms with Gasteiger partial charge in [0.25, 0.3) is 15.7 Å². The maximum Gasteiger partial charge on any atom is 0.264 e. The van der Waals surface area contributed by atoms with Gasteiger partial charge in [0.1, 0.15) is 0 Å². The second-order valence-corrected chi connectivity index (χ2v) is 6.19. The van der Waals surface area contributed by atoms with Crippen molar-refractivity contribution in [3.63, 3.8) is 0 Å². The van der Waals surface area contributed by atoms with E-state index in [0.29, 0.717) is 0 Å². The van der Waals surface area contributed by atoms with Crippen molar-refractivity contribution >= 4 is 10.1 Å².